The summed E-state index contributed by atoms with van der Waals surface area (Å²) in [5.74, 6) is -0.343. The molecule has 0 radical (unpaired) electrons. The summed E-state index contributed by atoms with van der Waals surface area (Å²) in [6, 6.07) is 22.4. The lowest BCUT2D eigenvalue weighted by Gasteiger charge is -2.14. The molecule has 1 fully saturated rings. The lowest BCUT2D eigenvalue weighted by Crippen LogP contribution is -2.27. The Kier molecular flexibility index (Phi) is 3.84. The van der Waals surface area contributed by atoms with E-state index in [-0.39, 0.29) is 16.1 Å². The Labute approximate surface area is 166 Å². The number of anilines is 1. The number of amides is 2. The fourth-order valence-electron chi connectivity index (χ4n) is 3.68. The molecule has 0 atom stereocenters. The van der Waals surface area contributed by atoms with Crippen LogP contribution in [0.1, 0.15) is 5.56 Å². The third-order valence-electron chi connectivity index (χ3n) is 5.03. The predicted molar refractivity (Wildman–Crippen MR) is 115 cm³/mol. The molecule has 2 heterocycles. The minimum Gasteiger partial charge on any atom is -0.343 e. The van der Waals surface area contributed by atoms with Gasteiger partial charge in [-0.1, -0.05) is 49.0 Å². The van der Waals surface area contributed by atoms with Gasteiger partial charge in [0.25, 0.3) is 11.1 Å². The van der Waals surface area contributed by atoms with Gasteiger partial charge in [-0.3, -0.25) is 9.59 Å². The fourth-order valence-corrected chi connectivity index (χ4v) is 4.35. The molecule has 4 nitrogen and oxygen atoms in total. The second kappa shape index (κ2) is 6.39. The molecule has 136 valence electrons. The Hall–Kier alpha value is -3.31. The van der Waals surface area contributed by atoms with Gasteiger partial charge in [-0.25, -0.2) is 4.90 Å². The number of carbonyl (C=O) groups excluding carboxylic acids is 2. The molecular weight excluding hydrogens is 368 g/mol. The number of imide groups is 1. The van der Waals surface area contributed by atoms with Crippen LogP contribution in [0.4, 0.5) is 10.5 Å². The smallest absolute Gasteiger partial charge is 0.298 e. The molecule has 0 spiro atoms. The van der Waals surface area contributed by atoms with Gasteiger partial charge in [0, 0.05) is 18.1 Å². The van der Waals surface area contributed by atoms with Crippen molar-refractivity contribution in [2.45, 2.75) is 6.54 Å². The van der Waals surface area contributed by atoms with Gasteiger partial charge in [-0.2, -0.15) is 0 Å². The van der Waals surface area contributed by atoms with Crippen molar-refractivity contribution in [3.05, 3.63) is 90.0 Å². The number of thioether (sulfide) groups is 1. The molecule has 1 aromatic heterocycles. The minimum atomic E-state index is -0.343. The maximum Gasteiger partial charge on any atom is 0.298 e. The van der Waals surface area contributed by atoms with E-state index in [1.165, 1.54) is 21.2 Å². The molecule has 1 aliphatic rings. The maximum absolute atomic E-state index is 12.4. The standard InChI is InChI=1S/C23H16N2O2S/c1-15-22(26)25(23(27)28-15)21-8-4-7-20-19(21)11-12-24(20)14-16-9-10-17-5-2-3-6-18(17)13-16/h2-13H,1,14H2. The molecule has 0 N–H and O–H groups in total. The van der Waals surface area contributed by atoms with Crippen molar-refractivity contribution >= 4 is 50.3 Å². The van der Waals surface area contributed by atoms with Gasteiger partial charge in [0.05, 0.1) is 16.1 Å². The van der Waals surface area contributed by atoms with Crippen molar-refractivity contribution in [2.24, 2.45) is 0 Å². The van der Waals surface area contributed by atoms with Crippen LogP contribution >= 0.6 is 11.8 Å². The van der Waals surface area contributed by atoms with E-state index >= 15 is 0 Å². The van der Waals surface area contributed by atoms with E-state index in [1.807, 2.05) is 36.5 Å². The predicted octanol–water partition coefficient (Wildman–Crippen LogP) is 5.56. The van der Waals surface area contributed by atoms with E-state index < -0.39 is 0 Å². The first-order valence-corrected chi connectivity index (χ1v) is 9.74. The quantitative estimate of drug-likeness (QED) is 0.435. The minimum absolute atomic E-state index is 0.262. The Morgan fingerprint density at radius 1 is 0.893 bits per heavy atom. The van der Waals surface area contributed by atoms with Crippen LogP contribution in [0, 0.1) is 0 Å². The number of carbonyl (C=O) groups is 2. The Bertz CT molecular complexity index is 1290. The van der Waals surface area contributed by atoms with Crippen LogP contribution in [0.5, 0.6) is 0 Å². The third kappa shape index (κ3) is 2.63. The van der Waals surface area contributed by atoms with E-state index in [0.29, 0.717) is 12.2 Å². The van der Waals surface area contributed by atoms with Gasteiger partial charge >= 0.3 is 0 Å². The SMILES string of the molecule is C=C1SC(=O)N(c2cccc3c2ccn3Cc2ccc3ccccc3c2)C1=O. The molecule has 5 heteroatoms. The van der Waals surface area contributed by atoms with Crippen LogP contribution in [0.2, 0.25) is 0 Å². The number of benzene rings is 3. The number of nitrogens with zero attached hydrogens (tertiary/aromatic N) is 2. The van der Waals surface area contributed by atoms with Crippen molar-refractivity contribution in [1.29, 1.82) is 0 Å². The normalized spacial score (nSPS) is 14.6. The largest absolute Gasteiger partial charge is 0.343 e. The molecule has 2 amide bonds. The summed E-state index contributed by atoms with van der Waals surface area (Å²) < 4.78 is 2.13. The molecule has 1 saturated heterocycles. The van der Waals surface area contributed by atoms with Gasteiger partial charge in [-0.15, -0.1) is 0 Å². The van der Waals surface area contributed by atoms with Crippen molar-refractivity contribution < 1.29 is 9.59 Å². The molecule has 3 aromatic carbocycles. The van der Waals surface area contributed by atoms with Crippen LogP contribution in [0.25, 0.3) is 21.7 Å². The highest BCUT2D eigenvalue weighted by molar-refractivity contribution is 8.18. The second-order valence-corrected chi connectivity index (χ2v) is 7.81. The molecule has 5 rings (SSSR count). The van der Waals surface area contributed by atoms with Crippen LogP contribution in [-0.2, 0) is 11.3 Å². The third-order valence-corrected chi connectivity index (χ3v) is 5.81. The molecule has 4 aromatic rings. The van der Waals surface area contributed by atoms with E-state index in [4.69, 9.17) is 0 Å². The lowest BCUT2D eigenvalue weighted by molar-refractivity contribution is -0.113. The molecule has 0 saturated carbocycles. The van der Waals surface area contributed by atoms with E-state index in [0.717, 1.165) is 22.7 Å². The summed E-state index contributed by atoms with van der Waals surface area (Å²) in [6.45, 7) is 4.38. The zero-order valence-corrected chi connectivity index (χ0v) is 15.8. The number of aromatic nitrogens is 1. The lowest BCUT2D eigenvalue weighted by atomic mass is 10.1. The first-order valence-electron chi connectivity index (χ1n) is 8.92. The first kappa shape index (κ1) is 16.8. The maximum atomic E-state index is 12.4. The van der Waals surface area contributed by atoms with E-state index in [1.54, 1.807) is 6.07 Å². The molecule has 0 unspecified atom stereocenters. The van der Waals surface area contributed by atoms with E-state index in [9.17, 15) is 9.59 Å². The summed E-state index contributed by atoms with van der Waals surface area (Å²) >= 11 is 0.887. The Balaban J connectivity index is 1.55. The summed E-state index contributed by atoms with van der Waals surface area (Å²) in [5, 5.41) is 3.00. The summed E-state index contributed by atoms with van der Waals surface area (Å²) in [4.78, 5) is 26.1. The van der Waals surface area contributed by atoms with Gasteiger partial charge in [0.2, 0.25) is 0 Å². The fraction of sp³-hybridized carbons (Fsp3) is 0.0435. The zero-order chi connectivity index (χ0) is 19.3. The van der Waals surface area contributed by atoms with Crippen molar-refractivity contribution in [2.75, 3.05) is 4.90 Å². The number of hydrogen-bond donors (Lipinski definition) is 0. The van der Waals surface area contributed by atoms with E-state index in [2.05, 4.69) is 41.5 Å². The van der Waals surface area contributed by atoms with Crippen LogP contribution in [-0.4, -0.2) is 15.7 Å². The average molecular weight is 384 g/mol. The van der Waals surface area contributed by atoms with Gasteiger partial charge in [0.1, 0.15) is 0 Å². The van der Waals surface area contributed by atoms with Gasteiger partial charge in [0.15, 0.2) is 0 Å². The van der Waals surface area contributed by atoms with Crippen LogP contribution in [0.15, 0.2) is 84.4 Å². The highest BCUT2D eigenvalue weighted by Gasteiger charge is 2.36. The highest BCUT2D eigenvalue weighted by atomic mass is 32.2. The molecular formula is C23H16N2O2S. The Morgan fingerprint density at radius 2 is 1.71 bits per heavy atom. The molecule has 0 bridgehead atoms. The summed E-state index contributed by atoms with van der Waals surface area (Å²) in [6.07, 6.45) is 2.00. The van der Waals surface area contributed by atoms with Gasteiger partial charge < -0.3 is 4.57 Å². The second-order valence-electron chi connectivity index (χ2n) is 6.77. The number of hydrogen-bond acceptors (Lipinski definition) is 3. The highest BCUT2D eigenvalue weighted by Crippen LogP contribution is 2.37. The van der Waals surface area contributed by atoms with Crippen molar-refractivity contribution in [3.8, 4) is 0 Å². The van der Waals surface area contributed by atoms with Crippen molar-refractivity contribution in [1.82, 2.24) is 4.57 Å². The Morgan fingerprint density at radius 3 is 2.50 bits per heavy atom. The molecule has 1 aliphatic heterocycles. The topological polar surface area (TPSA) is 42.3 Å². The van der Waals surface area contributed by atoms with Gasteiger partial charge in [-0.05, 0) is 52.4 Å². The monoisotopic (exact) mass is 384 g/mol. The average Bonchev–Trinajstić information content (AvgIpc) is 3.22. The molecule has 28 heavy (non-hydrogen) atoms. The number of fused-ring (bicyclic) bond motifs is 2. The summed E-state index contributed by atoms with van der Waals surface area (Å²) in [7, 11) is 0. The number of rotatable bonds is 3. The summed E-state index contributed by atoms with van der Waals surface area (Å²) in [5.41, 5.74) is 2.78. The van der Waals surface area contributed by atoms with Crippen molar-refractivity contribution in [3.63, 3.8) is 0 Å². The van der Waals surface area contributed by atoms with Crippen LogP contribution < -0.4 is 4.90 Å². The first-order chi connectivity index (χ1) is 13.6. The van der Waals surface area contributed by atoms with Crippen LogP contribution in [0.3, 0.4) is 0 Å². The zero-order valence-electron chi connectivity index (χ0n) is 15.0. The molecule has 0 aliphatic carbocycles.